The lowest BCUT2D eigenvalue weighted by Crippen LogP contribution is -2.42. The Balaban J connectivity index is 1.88. The van der Waals surface area contributed by atoms with E-state index in [0.717, 1.165) is 50.5 Å². The molecule has 0 aliphatic carbocycles. The van der Waals surface area contributed by atoms with Gasteiger partial charge in [-0.1, -0.05) is 30.7 Å². The summed E-state index contributed by atoms with van der Waals surface area (Å²) in [4.78, 5) is 14.4. The van der Waals surface area contributed by atoms with E-state index >= 15 is 0 Å². The molecule has 4 heteroatoms. The number of hydrogen-bond acceptors (Lipinski definition) is 2. The van der Waals surface area contributed by atoms with Gasteiger partial charge < -0.3 is 5.32 Å². The van der Waals surface area contributed by atoms with Crippen LogP contribution in [0.3, 0.4) is 0 Å². The number of piperidine rings is 1. The van der Waals surface area contributed by atoms with E-state index in [1.807, 2.05) is 18.2 Å². The highest BCUT2D eigenvalue weighted by Crippen LogP contribution is 2.20. The maximum absolute atomic E-state index is 12.1. The minimum atomic E-state index is 0.134. The van der Waals surface area contributed by atoms with Gasteiger partial charge in [0.1, 0.15) is 0 Å². The molecule has 0 saturated carbocycles. The number of halogens is 1. The van der Waals surface area contributed by atoms with Gasteiger partial charge in [-0.3, -0.25) is 9.69 Å². The first-order chi connectivity index (χ1) is 9.69. The summed E-state index contributed by atoms with van der Waals surface area (Å²) in [6.07, 6.45) is 3.08. The Bertz CT molecular complexity index is 450. The third kappa shape index (κ3) is 4.50. The normalized spacial score (nSPS) is 19.8. The van der Waals surface area contributed by atoms with Crippen molar-refractivity contribution in [3.8, 4) is 0 Å². The van der Waals surface area contributed by atoms with E-state index < -0.39 is 0 Å². The Labute approximate surface area is 126 Å². The number of carbonyl (C=O) groups is 1. The Morgan fingerprint density at radius 3 is 3.10 bits per heavy atom. The van der Waals surface area contributed by atoms with Crippen LogP contribution in [-0.4, -0.2) is 30.4 Å². The van der Waals surface area contributed by atoms with E-state index in [-0.39, 0.29) is 11.8 Å². The van der Waals surface area contributed by atoms with E-state index in [1.54, 1.807) is 0 Å². The third-order valence-corrected chi connectivity index (χ3v) is 3.96. The molecule has 1 aromatic rings. The fraction of sp³-hybridized carbons (Fsp3) is 0.562. The van der Waals surface area contributed by atoms with Gasteiger partial charge in [0.25, 0.3) is 0 Å². The highest BCUT2D eigenvalue weighted by atomic mass is 35.5. The van der Waals surface area contributed by atoms with Gasteiger partial charge in [0.2, 0.25) is 5.91 Å². The molecule has 2 rings (SSSR count). The molecule has 0 spiro atoms. The maximum Gasteiger partial charge on any atom is 0.224 e. The van der Waals surface area contributed by atoms with Gasteiger partial charge in [0, 0.05) is 24.7 Å². The molecule has 0 bridgehead atoms. The minimum absolute atomic E-state index is 0.134. The molecule has 0 radical (unpaired) electrons. The van der Waals surface area contributed by atoms with Gasteiger partial charge in [0.15, 0.2) is 0 Å². The van der Waals surface area contributed by atoms with E-state index in [1.165, 1.54) is 5.56 Å². The summed E-state index contributed by atoms with van der Waals surface area (Å²) in [7, 11) is 0. The van der Waals surface area contributed by atoms with Crippen LogP contribution in [0.25, 0.3) is 0 Å². The Morgan fingerprint density at radius 1 is 1.50 bits per heavy atom. The molecule has 1 N–H and O–H groups in total. The second-order valence-electron chi connectivity index (χ2n) is 5.50. The molecule has 3 nitrogen and oxygen atoms in total. The standard InChI is InChI=1S/C16H23ClN2O/c1-2-8-18-16(20)14-6-4-9-19(12-14)11-13-5-3-7-15(17)10-13/h3,5,7,10,14H,2,4,6,8-9,11-12H2,1H3,(H,18,20)/t14-/m1/s1. The molecule has 1 atom stereocenters. The predicted octanol–water partition coefficient (Wildman–Crippen LogP) is 3.08. The number of nitrogens with one attached hydrogen (secondary N) is 1. The molecular weight excluding hydrogens is 272 g/mol. The zero-order chi connectivity index (χ0) is 14.4. The summed E-state index contributed by atoms with van der Waals surface area (Å²) in [6, 6.07) is 7.96. The summed E-state index contributed by atoms with van der Waals surface area (Å²) < 4.78 is 0. The van der Waals surface area contributed by atoms with Crippen molar-refractivity contribution in [3.05, 3.63) is 34.9 Å². The van der Waals surface area contributed by atoms with Crippen LogP contribution in [0.4, 0.5) is 0 Å². The lowest BCUT2D eigenvalue weighted by Gasteiger charge is -2.32. The summed E-state index contributed by atoms with van der Waals surface area (Å²) in [5, 5.41) is 3.78. The van der Waals surface area contributed by atoms with Crippen LogP contribution in [0.15, 0.2) is 24.3 Å². The number of likely N-dealkylation sites (tertiary alicyclic amines) is 1. The van der Waals surface area contributed by atoms with E-state index in [4.69, 9.17) is 11.6 Å². The summed E-state index contributed by atoms with van der Waals surface area (Å²) in [6.45, 7) is 5.64. The predicted molar refractivity (Wildman–Crippen MR) is 82.8 cm³/mol. The average molecular weight is 295 g/mol. The largest absolute Gasteiger partial charge is 0.356 e. The lowest BCUT2D eigenvalue weighted by atomic mass is 9.96. The molecule has 110 valence electrons. The zero-order valence-corrected chi connectivity index (χ0v) is 12.8. The first-order valence-electron chi connectivity index (χ1n) is 7.43. The topological polar surface area (TPSA) is 32.3 Å². The molecule has 1 aliphatic rings. The van der Waals surface area contributed by atoms with Gasteiger partial charge >= 0.3 is 0 Å². The second-order valence-corrected chi connectivity index (χ2v) is 5.93. The molecule has 1 heterocycles. The molecule has 20 heavy (non-hydrogen) atoms. The van der Waals surface area contributed by atoms with Crippen molar-refractivity contribution in [3.63, 3.8) is 0 Å². The van der Waals surface area contributed by atoms with Crippen molar-refractivity contribution >= 4 is 17.5 Å². The smallest absolute Gasteiger partial charge is 0.224 e. The van der Waals surface area contributed by atoms with Gasteiger partial charge in [0.05, 0.1) is 5.92 Å². The van der Waals surface area contributed by atoms with Crippen LogP contribution in [-0.2, 0) is 11.3 Å². The first kappa shape index (κ1) is 15.3. The molecule has 1 fully saturated rings. The van der Waals surface area contributed by atoms with Crippen LogP contribution < -0.4 is 5.32 Å². The molecule has 0 aromatic heterocycles. The third-order valence-electron chi connectivity index (χ3n) is 3.72. The molecule has 1 amide bonds. The lowest BCUT2D eigenvalue weighted by molar-refractivity contribution is -0.126. The quantitative estimate of drug-likeness (QED) is 0.905. The van der Waals surface area contributed by atoms with Gasteiger partial charge in [-0.15, -0.1) is 0 Å². The van der Waals surface area contributed by atoms with Crippen LogP contribution in [0.5, 0.6) is 0 Å². The van der Waals surface area contributed by atoms with Gasteiger partial charge in [-0.05, 0) is 43.5 Å². The highest BCUT2D eigenvalue weighted by Gasteiger charge is 2.25. The van der Waals surface area contributed by atoms with E-state index in [0.29, 0.717) is 0 Å². The molecule has 1 saturated heterocycles. The Kier molecular flexibility index (Phi) is 5.86. The Morgan fingerprint density at radius 2 is 2.35 bits per heavy atom. The maximum atomic E-state index is 12.1. The van der Waals surface area contributed by atoms with Gasteiger partial charge in [-0.25, -0.2) is 0 Å². The SMILES string of the molecule is CCCNC(=O)[C@@H]1CCCN(Cc2cccc(Cl)c2)C1. The molecule has 1 aliphatic heterocycles. The van der Waals surface area contributed by atoms with Crippen molar-refractivity contribution in [2.24, 2.45) is 5.92 Å². The second kappa shape index (κ2) is 7.65. The van der Waals surface area contributed by atoms with Crippen molar-refractivity contribution in [2.75, 3.05) is 19.6 Å². The van der Waals surface area contributed by atoms with E-state index in [2.05, 4.69) is 23.2 Å². The van der Waals surface area contributed by atoms with Crippen LogP contribution in [0, 0.1) is 5.92 Å². The minimum Gasteiger partial charge on any atom is -0.356 e. The summed E-state index contributed by atoms with van der Waals surface area (Å²) in [5.74, 6) is 0.345. The van der Waals surface area contributed by atoms with Gasteiger partial charge in [-0.2, -0.15) is 0 Å². The zero-order valence-electron chi connectivity index (χ0n) is 12.1. The number of rotatable bonds is 5. The van der Waals surface area contributed by atoms with Crippen LogP contribution >= 0.6 is 11.6 Å². The first-order valence-corrected chi connectivity index (χ1v) is 7.81. The van der Waals surface area contributed by atoms with Crippen LogP contribution in [0.2, 0.25) is 5.02 Å². The fourth-order valence-electron chi connectivity index (χ4n) is 2.70. The fourth-order valence-corrected chi connectivity index (χ4v) is 2.91. The summed E-state index contributed by atoms with van der Waals surface area (Å²) in [5.41, 5.74) is 1.21. The van der Waals surface area contributed by atoms with Crippen molar-refractivity contribution in [1.82, 2.24) is 10.2 Å². The molecular formula is C16H23ClN2O. The average Bonchev–Trinajstić information content (AvgIpc) is 2.45. The number of nitrogens with zero attached hydrogens (tertiary/aromatic N) is 1. The molecule has 0 unspecified atom stereocenters. The number of amides is 1. The monoisotopic (exact) mass is 294 g/mol. The number of benzene rings is 1. The number of hydrogen-bond donors (Lipinski definition) is 1. The van der Waals surface area contributed by atoms with E-state index in [9.17, 15) is 4.79 Å². The Hall–Kier alpha value is -1.06. The van der Waals surface area contributed by atoms with Crippen molar-refractivity contribution < 1.29 is 4.79 Å². The van der Waals surface area contributed by atoms with Crippen LogP contribution in [0.1, 0.15) is 31.7 Å². The molecule has 1 aromatic carbocycles. The van der Waals surface area contributed by atoms with Crippen molar-refractivity contribution in [1.29, 1.82) is 0 Å². The number of carbonyl (C=O) groups excluding carboxylic acids is 1. The summed E-state index contributed by atoms with van der Waals surface area (Å²) >= 11 is 6.02. The van der Waals surface area contributed by atoms with Crippen molar-refractivity contribution in [2.45, 2.75) is 32.7 Å². The highest BCUT2D eigenvalue weighted by molar-refractivity contribution is 6.30.